The van der Waals surface area contributed by atoms with Gasteiger partial charge in [0, 0.05) is 6.92 Å². The van der Waals surface area contributed by atoms with Gasteiger partial charge in [0.2, 0.25) is 5.91 Å². The maximum atomic E-state index is 12.4. The topological polar surface area (TPSA) is 433 Å². The Labute approximate surface area is 326 Å². The van der Waals surface area contributed by atoms with Crippen molar-refractivity contribution in [3.05, 3.63) is 0 Å². The van der Waals surface area contributed by atoms with E-state index in [0.29, 0.717) is 0 Å². The molecule has 27 nitrogen and oxygen atoms in total. The molecule has 5 saturated heterocycles. The summed E-state index contributed by atoms with van der Waals surface area (Å²) in [5.74, 6) is -2.62. The molecule has 5 aliphatic heterocycles. The van der Waals surface area contributed by atoms with Crippen LogP contribution in [0, 0.1) is 0 Å². The third-order valence-corrected chi connectivity index (χ3v) is 10.3. The molecule has 0 bridgehead atoms. The first-order valence-corrected chi connectivity index (χ1v) is 18.0. The van der Waals surface area contributed by atoms with Gasteiger partial charge < -0.3 is 125 Å². The van der Waals surface area contributed by atoms with Gasteiger partial charge in [0.15, 0.2) is 37.6 Å². The van der Waals surface area contributed by atoms with Gasteiger partial charge in [-0.2, -0.15) is 0 Å². The first-order valence-electron chi connectivity index (χ1n) is 18.0. The van der Waals surface area contributed by atoms with Crippen molar-refractivity contribution in [3.8, 4) is 0 Å². The second-order valence-electron chi connectivity index (χ2n) is 14.3. The predicted molar refractivity (Wildman–Crippen MR) is 173 cm³/mol. The largest absolute Gasteiger partial charge is 0.479 e. The van der Waals surface area contributed by atoms with Crippen molar-refractivity contribution in [2.24, 2.45) is 0 Å². The zero-order chi connectivity index (χ0) is 42.9. The number of carboxylic acids is 1. The SMILES string of the molecule is CC(=O)N[C@H]1[C@@H](O[C@H]2[C@H](O)[C@@H](O)[C@H](O[C@H]3[C@@H](O)[C@@H](CO)O[C@@H](O[C@H]4[C@@H](O)[C@@H](CO)O[C@@H](O[C@@H]5CO[C@@H](O)[C@H](O)[C@H]5O)[C@@H]4O)[C@@H]3O)O[C@@H]2C(=O)O)O[C@H](CO)[C@H](O)[C@@H]1O. The minimum atomic E-state index is -2.29. The molecule has 16 N–H and O–H groups in total. The number of nitrogens with one attached hydrogen (secondary N) is 1. The maximum Gasteiger partial charge on any atom is 0.335 e. The molecule has 0 aliphatic carbocycles. The quantitative estimate of drug-likeness (QED) is 0.0818. The molecule has 0 aromatic rings. The van der Waals surface area contributed by atoms with Crippen LogP contribution in [0.25, 0.3) is 0 Å². The highest BCUT2D eigenvalue weighted by molar-refractivity contribution is 5.74. The van der Waals surface area contributed by atoms with Gasteiger partial charge in [0.1, 0.15) is 110 Å². The second kappa shape index (κ2) is 19.8. The summed E-state index contributed by atoms with van der Waals surface area (Å²) in [5.41, 5.74) is 0. The number of rotatable bonds is 13. The highest BCUT2D eigenvalue weighted by atomic mass is 16.8. The Balaban J connectivity index is 1.32. The summed E-state index contributed by atoms with van der Waals surface area (Å²) < 4.78 is 48.9. The summed E-state index contributed by atoms with van der Waals surface area (Å²) in [5, 5.41) is 159. The summed E-state index contributed by atoms with van der Waals surface area (Å²) in [6.07, 6.45) is -44.4. The third-order valence-electron chi connectivity index (χ3n) is 10.3. The standard InChI is InChI=1S/C31H51NO26/c1-6(36)32-11-16(41)12(37)7(2-33)51-28(11)57-24-17(42)19(44)29(58-25(24)26(47)48)55-23-15(40)9(4-35)53-31(21(23)46)56-22-14(39)8(3-34)52-30(20(22)45)54-10-5-50-27(49)18(43)13(10)38/h7-25,27-31,33-35,37-46,49H,2-5H2,1H3,(H,32,36)(H,47,48)/t7-,8-,9-,10-,11-,12+,13+,14+,15+,16-,17-,18-,19-,20-,21-,22+,23+,24+,25+,27-,28-,29-,30+,31+/m1/s1. The lowest BCUT2D eigenvalue weighted by molar-refractivity contribution is -0.388. The smallest absolute Gasteiger partial charge is 0.335 e. The Morgan fingerprint density at radius 1 is 0.534 bits per heavy atom. The Kier molecular flexibility index (Phi) is 16.1. The fraction of sp³-hybridized carbons (Fsp3) is 0.935. The van der Waals surface area contributed by atoms with Gasteiger partial charge in [-0.15, -0.1) is 0 Å². The molecule has 5 aliphatic rings. The molecule has 1 amide bonds. The second-order valence-corrected chi connectivity index (χ2v) is 14.3. The Morgan fingerprint density at radius 2 is 1.00 bits per heavy atom. The van der Waals surface area contributed by atoms with Crippen LogP contribution in [-0.4, -0.2) is 262 Å². The maximum absolute atomic E-state index is 12.4. The molecule has 58 heavy (non-hydrogen) atoms. The Hall–Kier alpha value is -1.98. The van der Waals surface area contributed by atoms with Crippen LogP contribution in [0.2, 0.25) is 0 Å². The summed E-state index contributed by atoms with van der Waals surface area (Å²) in [7, 11) is 0. The molecule has 5 fully saturated rings. The fourth-order valence-corrected chi connectivity index (χ4v) is 7.08. The number of amides is 1. The number of carbonyl (C=O) groups excluding carboxylic acids is 1. The van der Waals surface area contributed by atoms with E-state index >= 15 is 0 Å². The van der Waals surface area contributed by atoms with Crippen molar-refractivity contribution in [1.82, 2.24) is 5.32 Å². The molecule has 0 spiro atoms. The number of aliphatic carboxylic acids is 1. The van der Waals surface area contributed by atoms with Crippen LogP contribution in [-0.2, 0) is 52.2 Å². The van der Waals surface area contributed by atoms with Gasteiger partial charge in [-0.05, 0) is 0 Å². The van der Waals surface area contributed by atoms with Gasteiger partial charge in [0.05, 0.1) is 26.4 Å². The lowest BCUT2D eigenvalue weighted by Crippen LogP contribution is -2.69. The number of aliphatic hydroxyl groups excluding tert-OH is 14. The fourth-order valence-electron chi connectivity index (χ4n) is 7.08. The molecule has 336 valence electrons. The summed E-state index contributed by atoms with van der Waals surface area (Å²) in [6.45, 7) is -2.31. The van der Waals surface area contributed by atoms with Crippen molar-refractivity contribution in [3.63, 3.8) is 0 Å². The minimum Gasteiger partial charge on any atom is -0.479 e. The lowest BCUT2D eigenvalue weighted by atomic mass is 9.94. The molecular formula is C31H51NO26. The van der Waals surface area contributed by atoms with Gasteiger partial charge in [-0.1, -0.05) is 0 Å². The minimum absolute atomic E-state index is 0.522. The molecule has 24 atom stereocenters. The number of carbonyl (C=O) groups is 2. The van der Waals surface area contributed by atoms with Crippen LogP contribution in [0.3, 0.4) is 0 Å². The lowest BCUT2D eigenvalue weighted by Gasteiger charge is -2.49. The van der Waals surface area contributed by atoms with Crippen LogP contribution in [0.15, 0.2) is 0 Å². The monoisotopic (exact) mass is 853 g/mol. The summed E-state index contributed by atoms with van der Waals surface area (Å²) in [6, 6.07) is -1.61. The van der Waals surface area contributed by atoms with Crippen LogP contribution in [0.1, 0.15) is 6.92 Å². The van der Waals surface area contributed by atoms with Crippen LogP contribution in [0.5, 0.6) is 0 Å². The van der Waals surface area contributed by atoms with E-state index in [-0.39, 0.29) is 0 Å². The molecule has 5 rings (SSSR count). The first-order chi connectivity index (χ1) is 27.3. The van der Waals surface area contributed by atoms with Crippen molar-refractivity contribution in [2.75, 3.05) is 26.4 Å². The Bertz CT molecular complexity index is 1350. The van der Waals surface area contributed by atoms with Crippen LogP contribution >= 0.6 is 0 Å². The average molecular weight is 854 g/mol. The molecule has 0 saturated carbocycles. The zero-order valence-corrected chi connectivity index (χ0v) is 30.4. The predicted octanol–water partition coefficient (Wildman–Crippen LogP) is -11.0. The normalized spacial score (nSPS) is 50.3. The van der Waals surface area contributed by atoms with Gasteiger partial charge in [-0.3, -0.25) is 4.79 Å². The molecule has 0 unspecified atom stereocenters. The summed E-state index contributed by atoms with van der Waals surface area (Å²) >= 11 is 0. The molecule has 5 heterocycles. The molecule has 27 heteroatoms. The zero-order valence-electron chi connectivity index (χ0n) is 30.4. The van der Waals surface area contributed by atoms with Crippen molar-refractivity contribution in [2.45, 2.75) is 154 Å². The van der Waals surface area contributed by atoms with Crippen molar-refractivity contribution in [1.29, 1.82) is 0 Å². The average Bonchev–Trinajstić information content (AvgIpc) is 3.18. The number of ether oxygens (including phenoxy) is 9. The highest BCUT2D eigenvalue weighted by Crippen LogP contribution is 2.35. The van der Waals surface area contributed by atoms with E-state index < -0.39 is 186 Å². The van der Waals surface area contributed by atoms with Crippen LogP contribution in [0.4, 0.5) is 0 Å². The van der Waals surface area contributed by atoms with Gasteiger partial charge in [-0.25, -0.2) is 4.79 Å². The third kappa shape index (κ3) is 9.72. The molecular weight excluding hydrogens is 802 g/mol. The number of hydrogen-bond donors (Lipinski definition) is 16. The first kappa shape index (κ1) is 47.1. The van der Waals surface area contributed by atoms with E-state index in [4.69, 9.17) is 42.6 Å². The van der Waals surface area contributed by atoms with E-state index in [1.807, 2.05) is 0 Å². The number of hydrogen-bond acceptors (Lipinski definition) is 25. The van der Waals surface area contributed by atoms with Crippen molar-refractivity contribution >= 4 is 11.9 Å². The Morgan fingerprint density at radius 3 is 1.50 bits per heavy atom. The van der Waals surface area contributed by atoms with E-state index in [1.165, 1.54) is 0 Å². The van der Waals surface area contributed by atoms with E-state index in [9.17, 15) is 86.2 Å². The number of carboxylic acid groups (broad SMARTS) is 1. The molecule has 0 radical (unpaired) electrons. The summed E-state index contributed by atoms with van der Waals surface area (Å²) in [4.78, 5) is 24.3. The van der Waals surface area contributed by atoms with Crippen LogP contribution < -0.4 is 5.32 Å². The molecule has 0 aromatic heterocycles. The van der Waals surface area contributed by atoms with E-state index in [1.54, 1.807) is 0 Å². The van der Waals surface area contributed by atoms with Gasteiger partial charge in [0.25, 0.3) is 0 Å². The highest BCUT2D eigenvalue weighted by Gasteiger charge is 2.57. The number of aliphatic hydroxyl groups is 14. The van der Waals surface area contributed by atoms with E-state index in [0.717, 1.165) is 6.92 Å². The van der Waals surface area contributed by atoms with Crippen molar-refractivity contribution < 1.29 is 129 Å². The molecule has 0 aromatic carbocycles. The van der Waals surface area contributed by atoms with Gasteiger partial charge >= 0.3 is 5.97 Å². The van der Waals surface area contributed by atoms with E-state index in [2.05, 4.69) is 5.32 Å².